The second-order valence-electron chi connectivity index (χ2n) is 9.09. The van der Waals surface area contributed by atoms with Crippen molar-refractivity contribution < 1.29 is 24.3 Å². The number of carboxylic acid groups (broad SMARTS) is 1. The van der Waals surface area contributed by atoms with Crippen LogP contribution >= 0.6 is 11.3 Å². The molecule has 0 bridgehead atoms. The predicted octanol–water partition coefficient (Wildman–Crippen LogP) is 1.62. The first-order valence-electron chi connectivity index (χ1n) is 10.4. The molecule has 0 spiro atoms. The first kappa shape index (κ1) is 22.0. The maximum absolute atomic E-state index is 13.3. The molecule has 1 saturated heterocycles. The molecule has 9 heteroatoms. The molecule has 8 nitrogen and oxygen atoms in total. The maximum atomic E-state index is 13.3. The van der Waals surface area contributed by atoms with Crippen LogP contribution in [-0.2, 0) is 14.4 Å². The molecule has 2 aliphatic heterocycles. The summed E-state index contributed by atoms with van der Waals surface area (Å²) >= 11 is 1.57. The van der Waals surface area contributed by atoms with Crippen molar-refractivity contribution in [3.63, 3.8) is 0 Å². The summed E-state index contributed by atoms with van der Waals surface area (Å²) in [7, 11) is 0. The minimum absolute atomic E-state index is 0.00922. The Morgan fingerprint density at radius 1 is 1.25 bits per heavy atom. The van der Waals surface area contributed by atoms with Gasteiger partial charge in [-0.25, -0.2) is 0 Å². The number of amides is 3. The molecule has 0 radical (unpaired) electrons. The average molecular weight is 455 g/mol. The minimum atomic E-state index is -1.21. The number of hydrogen-bond donors (Lipinski definition) is 2. The molecule has 3 heterocycles. The second kappa shape index (κ2) is 8.38. The molecule has 1 aromatic carbocycles. The summed E-state index contributed by atoms with van der Waals surface area (Å²) in [6.07, 6.45) is 0.0788. The fourth-order valence-electron chi connectivity index (χ4n) is 4.38. The van der Waals surface area contributed by atoms with Crippen molar-refractivity contribution in [3.8, 4) is 10.4 Å². The Balaban J connectivity index is 1.49. The zero-order chi connectivity index (χ0) is 23.0. The van der Waals surface area contributed by atoms with Gasteiger partial charge in [0.2, 0.25) is 11.8 Å². The number of nitrogens with one attached hydrogen (secondary N) is 2. The highest BCUT2D eigenvalue weighted by atomic mass is 32.1. The lowest BCUT2D eigenvalue weighted by Gasteiger charge is -2.25. The number of nitrogens with zero attached hydrogens (tertiary/aromatic N) is 1. The number of carboxylic acids is 1. The van der Waals surface area contributed by atoms with Gasteiger partial charge in [-0.1, -0.05) is 26.0 Å². The van der Waals surface area contributed by atoms with Gasteiger partial charge in [0.25, 0.3) is 5.91 Å². The Kier molecular flexibility index (Phi) is 5.77. The smallest absolute Gasteiger partial charge is 0.256 e. The van der Waals surface area contributed by atoms with Crippen LogP contribution in [0, 0.1) is 5.41 Å². The first-order chi connectivity index (χ1) is 15.1. The summed E-state index contributed by atoms with van der Waals surface area (Å²) in [5.41, 5.74) is 1.06. The molecule has 2 atom stereocenters. The minimum Gasteiger partial charge on any atom is -0.550 e. The van der Waals surface area contributed by atoms with Crippen molar-refractivity contribution in [2.24, 2.45) is 5.41 Å². The SMILES string of the molecule is CC(C)(CC(=O)[O-])CC(=O)N[C@H]1C[C@H]2C(=O)Nc3ccc(-c4cccs4)cc3C(=O)N2C1. The summed E-state index contributed by atoms with van der Waals surface area (Å²) in [5, 5.41) is 18.6. The molecule has 32 heavy (non-hydrogen) atoms. The molecular weight excluding hydrogens is 430 g/mol. The number of carbonyl (C=O) groups excluding carboxylic acids is 4. The van der Waals surface area contributed by atoms with Crippen LogP contribution in [0.4, 0.5) is 5.69 Å². The lowest BCUT2D eigenvalue weighted by Crippen LogP contribution is -2.41. The number of benzene rings is 1. The van der Waals surface area contributed by atoms with Crippen LogP contribution in [0.2, 0.25) is 0 Å². The van der Waals surface area contributed by atoms with Crippen molar-refractivity contribution >= 4 is 40.7 Å². The Labute approximate surface area is 189 Å². The Hall–Kier alpha value is -3.20. The van der Waals surface area contributed by atoms with E-state index in [4.69, 9.17) is 0 Å². The zero-order valence-corrected chi connectivity index (χ0v) is 18.7. The van der Waals surface area contributed by atoms with E-state index in [1.807, 2.05) is 23.6 Å². The monoisotopic (exact) mass is 454 g/mol. The fraction of sp³-hybridized carbons (Fsp3) is 0.391. The Bertz CT molecular complexity index is 1080. The average Bonchev–Trinajstić information content (AvgIpc) is 3.34. The molecule has 1 fully saturated rings. The largest absolute Gasteiger partial charge is 0.550 e. The number of rotatable bonds is 6. The van der Waals surface area contributed by atoms with Crippen LogP contribution in [0.25, 0.3) is 10.4 Å². The van der Waals surface area contributed by atoms with E-state index >= 15 is 0 Å². The molecular formula is C23H24N3O5S-. The lowest BCUT2D eigenvalue weighted by molar-refractivity contribution is -0.307. The third kappa shape index (κ3) is 4.52. The molecule has 2 aromatic rings. The van der Waals surface area contributed by atoms with Gasteiger partial charge in [-0.05, 0) is 47.4 Å². The molecule has 2 N–H and O–H groups in total. The van der Waals surface area contributed by atoms with E-state index in [0.29, 0.717) is 17.7 Å². The van der Waals surface area contributed by atoms with Crippen molar-refractivity contribution in [1.82, 2.24) is 10.2 Å². The standard InChI is InChI=1S/C23H25N3O5S/c1-23(2,11-20(28)29)10-19(27)24-14-9-17-21(30)25-16-6-5-13(18-4-3-7-32-18)8-15(16)22(31)26(17)12-14/h3-8,14,17H,9-12H2,1-2H3,(H,24,27)(H,25,30)(H,28,29)/p-1/t14-,17-/m0/s1. The van der Waals surface area contributed by atoms with E-state index in [-0.39, 0.29) is 43.1 Å². The van der Waals surface area contributed by atoms with Gasteiger partial charge in [0.15, 0.2) is 0 Å². The maximum Gasteiger partial charge on any atom is 0.256 e. The Morgan fingerprint density at radius 3 is 2.72 bits per heavy atom. The van der Waals surface area contributed by atoms with Crippen LogP contribution in [0.1, 0.15) is 43.5 Å². The zero-order valence-electron chi connectivity index (χ0n) is 17.8. The quantitative estimate of drug-likeness (QED) is 0.688. The second-order valence-corrected chi connectivity index (χ2v) is 10.0. The number of fused-ring (bicyclic) bond motifs is 2. The van der Waals surface area contributed by atoms with E-state index in [9.17, 15) is 24.3 Å². The topological polar surface area (TPSA) is 119 Å². The highest BCUT2D eigenvalue weighted by molar-refractivity contribution is 7.13. The third-order valence-corrected chi connectivity index (χ3v) is 6.72. The molecule has 168 valence electrons. The molecule has 1 aromatic heterocycles. The summed E-state index contributed by atoms with van der Waals surface area (Å²) in [4.78, 5) is 52.0. The van der Waals surface area contributed by atoms with E-state index in [1.54, 1.807) is 37.3 Å². The number of aliphatic carboxylic acids is 1. The first-order valence-corrected chi connectivity index (χ1v) is 11.3. The van der Waals surface area contributed by atoms with E-state index in [1.165, 1.54) is 4.90 Å². The molecule has 0 unspecified atom stereocenters. The highest BCUT2D eigenvalue weighted by Crippen LogP contribution is 2.33. The van der Waals surface area contributed by atoms with Gasteiger partial charge in [-0.15, -0.1) is 11.3 Å². The van der Waals surface area contributed by atoms with Gasteiger partial charge in [0.1, 0.15) is 6.04 Å². The molecule has 4 rings (SSSR count). The van der Waals surface area contributed by atoms with Gasteiger partial charge < -0.3 is 25.4 Å². The number of carbonyl (C=O) groups is 4. The van der Waals surface area contributed by atoms with Crippen LogP contribution < -0.4 is 15.7 Å². The van der Waals surface area contributed by atoms with Crippen LogP contribution in [0.5, 0.6) is 0 Å². The van der Waals surface area contributed by atoms with Crippen LogP contribution in [0.3, 0.4) is 0 Å². The van der Waals surface area contributed by atoms with Gasteiger partial charge in [-0.2, -0.15) is 0 Å². The van der Waals surface area contributed by atoms with Crippen molar-refractivity contribution in [1.29, 1.82) is 0 Å². The van der Waals surface area contributed by atoms with Gasteiger partial charge in [-0.3, -0.25) is 14.4 Å². The van der Waals surface area contributed by atoms with Crippen molar-refractivity contribution in [2.75, 3.05) is 11.9 Å². The summed E-state index contributed by atoms with van der Waals surface area (Å²) < 4.78 is 0. The molecule has 0 aliphatic carbocycles. The van der Waals surface area contributed by atoms with E-state index < -0.39 is 17.4 Å². The molecule has 2 aliphatic rings. The van der Waals surface area contributed by atoms with Crippen LogP contribution in [-0.4, -0.2) is 47.2 Å². The normalized spacial score (nSPS) is 20.2. The fourth-order valence-corrected chi connectivity index (χ4v) is 5.10. The lowest BCUT2D eigenvalue weighted by atomic mass is 9.85. The van der Waals surface area contributed by atoms with Crippen LogP contribution in [0.15, 0.2) is 35.7 Å². The highest BCUT2D eigenvalue weighted by Gasteiger charge is 2.43. The molecule has 0 saturated carbocycles. The van der Waals surface area contributed by atoms with Crippen molar-refractivity contribution in [2.45, 2.75) is 45.2 Å². The number of hydrogen-bond acceptors (Lipinski definition) is 6. The summed E-state index contributed by atoms with van der Waals surface area (Å²) in [6.45, 7) is 3.58. The van der Waals surface area contributed by atoms with E-state index in [0.717, 1.165) is 10.4 Å². The van der Waals surface area contributed by atoms with Gasteiger partial charge in [0.05, 0.1) is 11.3 Å². The van der Waals surface area contributed by atoms with Crippen molar-refractivity contribution in [3.05, 3.63) is 41.3 Å². The summed E-state index contributed by atoms with van der Waals surface area (Å²) in [5.74, 6) is -2.06. The van der Waals surface area contributed by atoms with E-state index in [2.05, 4.69) is 10.6 Å². The van der Waals surface area contributed by atoms with Gasteiger partial charge in [0, 0.05) is 29.9 Å². The van der Waals surface area contributed by atoms with Gasteiger partial charge >= 0.3 is 0 Å². The number of anilines is 1. The molecule has 3 amide bonds. The predicted molar refractivity (Wildman–Crippen MR) is 118 cm³/mol. The Morgan fingerprint density at radius 2 is 2.03 bits per heavy atom. The number of thiophene rings is 1. The third-order valence-electron chi connectivity index (χ3n) is 5.81. The summed E-state index contributed by atoms with van der Waals surface area (Å²) in [6, 6.07) is 8.27.